The lowest BCUT2D eigenvalue weighted by atomic mass is 10.0. The molecule has 1 fully saturated rings. The van der Waals surface area contributed by atoms with Gasteiger partial charge in [0.2, 0.25) is 0 Å². The van der Waals surface area contributed by atoms with Crippen molar-refractivity contribution in [2.75, 3.05) is 54.0 Å². The molecular weight excluding hydrogens is 190 g/mol. The third-order valence-electron chi connectivity index (χ3n) is 2.94. The van der Waals surface area contributed by atoms with Crippen molar-refractivity contribution >= 4 is 0 Å². The molecule has 0 radical (unpaired) electrons. The Morgan fingerprint density at radius 1 is 1.20 bits per heavy atom. The summed E-state index contributed by atoms with van der Waals surface area (Å²) in [5.41, 5.74) is 5.94. The first-order chi connectivity index (χ1) is 7.09. The largest absolute Gasteiger partial charge is 0.379 e. The van der Waals surface area contributed by atoms with Gasteiger partial charge in [-0.2, -0.15) is 0 Å². The average Bonchev–Trinajstić information content (AvgIpc) is 2.51. The fraction of sp³-hybridized carbons (Fsp3) is 1.00. The quantitative estimate of drug-likeness (QED) is 0.669. The minimum absolute atomic E-state index is 0.237. The Balaban J connectivity index is 2.09. The second-order valence-electron chi connectivity index (χ2n) is 4.88. The summed E-state index contributed by atoms with van der Waals surface area (Å²) in [6.07, 6.45) is 1.21. The van der Waals surface area contributed by atoms with Crippen LogP contribution < -0.4 is 5.73 Å². The Morgan fingerprint density at radius 3 is 2.47 bits per heavy atom. The Labute approximate surface area is 93.4 Å². The van der Waals surface area contributed by atoms with Gasteiger partial charge in [0.05, 0.1) is 13.2 Å². The Bertz CT molecular complexity index is 175. The van der Waals surface area contributed by atoms with E-state index in [2.05, 4.69) is 30.9 Å². The number of hydrogen-bond acceptors (Lipinski definition) is 4. The molecule has 2 unspecified atom stereocenters. The molecule has 1 aliphatic rings. The molecule has 0 aromatic heterocycles. The van der Waals surface area contributed by atoms with Crippen molar-refractivity contribution in [3.8, 4) is 0 Å². The summed E-state index contributed by atoms with van der Waals surface area (Å²) in [6.45, 7) is 4.92. The molecule has 4 nitrogen and oxygen atoms in total. The van der Waals surface area contributed by atoms with Gasteiger partial charge in [-0.05, 0) is 40.7 Å². The van der Waals surface area contributed by atoms with Gasteiger partial charge < -0.3 is 20.3 Å². The van der Waals surface area contributed by atoms with Crippen LogP contribution in [0.15, 0.2) is 0 Å². The SMILES string of the molecule is CN(C)CCCN(C)CC1COCC1N. The third-order valence-corrected chi connectivity index (χ3v) is 2.94. The van der Waals surface area contributed by atoms with E-state index < -0.39 is 0 Å². The van der Waals surface area contributed by atoms with Crippen molar-refractivity contribution in [1.29, 1.82) is 0 Å². The van der Waals surface area contributed by atoms with E-state index in [1.54, 1.807) is 0 Å². The maximum Gasteiger partial charge on any atom is 0.0621 e. The van der Waals surface area contributed by atoms with Crippen molar-refractivity contribution < 1.29 is 4.74 Å². The predicted molar refractivity (Wildman–Crippen MR) is 63.0 cm³/mol. The number of nitrogens with two attached hydrogens (primary N) is 1. The Hall–Kier alpha value is -0.160. The second kappa shape index (κ2) is 6.43. The average molecular weight is 215 g/mol. The van der Waals surface area contributed by atoms with Crippen molar-refractivity contribution in [2.24, 2.45) is 11.7 Å². The van der Waals surface area contributed by atoms with Crippen LogP contribution in [0.4, 0.5) is 0 Å². The van der Waals surface area contributed by atoms with Crippen LogP contribution in [0, 0.1) is 5.92 Å². The lowest BCUT2D eigenvalue weighted by molar-refractivity contribution is 0.172. The van der Waals surface area contributed by atoms with Crippen molar-refractivity contribution in [2.45, 2.75) is 12.5 Å². The van der Waals surface area contributed by atoms with Gasteiger partial charge in [0.1, 0.15) is 0 Å². The summed E-state index contributed by atoms with van der Waals surface area (Å²) < 4.78 is 5.35. The van der Waals surface area contributed by atoms with Crippen LogP contribution in [-0.2, 0) is 4.74 Å². The van der Waals surface area contributed by atoms with E-state index in [1.165, 1.54) is 6.42 Å². The molecular formula is C11H25N3O. The molecule has 2 atom stereocenters. The van der Waals surface area contributed by atoms with Gasteiger partial charge in [0, 0.05) is 18.5 Å². The summed E-state index contributed by atoms with van der Waals surface area (Å²) in [5, 5.41) is 0. The first kappa shape index (κ1) is 12.9. The van der Waals surface area contributed by atoms with Crippen LogP contribution in [0.1, 0.15) is 6.42 Å². The molecule has 1 rings (SSSR count). The Kier molecular flexibility index (Phi) is 5.53. The standard InChI is InChI=1S/C11H25N3O/c1-13(2)5-4-6-14(3)7-10-8-15-9-11(10)12/h10-11H,4-9,12H2,1-3H3. The number of rotatable bonds is 6. The maximum absolute atomic E-state index is 5.94. The number of ether oxygens (including phenoxy) is 1. The zero-order chi connectivity index (χ0) is 11.3. The monoisotopic (exact) mass is 215 g/mol. The lowest BCUT2D eigenvalue weighted by Crippen LogP contribution is -2.37. The molecule has 1 heterocycles. The molecule has 90 valence electrons. The molecule has 15 heavy (non-hydrogen) atoms. The molecule has 2 N–H and O–H groups in total. The molecule has 1 aliphatic heterocycles. The zero-order valence-electron chi connectivity index (χ0n) is 10.3. The van der Waals surface area contributed by atoms with Gasteiger partial charge >= 0.3 is 0 Å². The fourth-order valence-corrected chi connectivity index (χ4v) is 1.95. The smallest absolute Gasteiger partial charge is 0.0621 e. The highest BCUT2D eigenvalue weighted by Crippen LogP contribution is 2.12. The summed E-state index contributed by atoms with van der Waals surface area (Å²) in [7, 11) is 6.39. The van der Waals surface area contributed by atoms with E-state index in [9.17, 15) is 0 Å². The van der Waals surface area contributed by atoms with Gasteiger partial charge in [0.15, 0.2) is 0 Å². The molecule has 0 amide bonds. The highest BCUT2D eigenvalue weighted by Gasteiger charge is 2.25. The minimum atomic E-state index is 0.237. The Morgan fingerprint density at radius 2 is 1.93 bits per heavy atom. The van der Waals surface area contributed by atoms with Crippen LogP contribution in [-0.4, -0.2) is 69.8 Å². The fourth-order valence-electron chi connectivity index (χ4n) is 1.95. The van der Waals surface area contributed by atoms with E-state index in [4.69, 9.17) is 10.5 Å². The highest BCUT2D eigenvalue weighted by molar-refractivity contribution is 4.80. The molecule has 4 heteroatoms. The molecule has 0 saturated carbocycles. The van der Waals surface area contributed by atoms with Crippen LogP contribution in [0.3, 0.4) is 0 Å². The number of nitrogens with zero attached hydrogens (tertiary/aromatic N) is 2. The predicted octanol–water partition coefficient (Wildman–Crippen LogP) is -0.156. The first-order valence-electron chi connectivity index (χ1n) is 5.76. The van der Waals surface area contributed by atoms with Gasteiger partial charge in [-0.1, -0.05) is 0 Å². The van der Waals surface area contributed by atoms with E-state index in [1.807, 2.05) is 0 Å². The molecule has 0 aromatic carbocycles. The van der Waals surface area contributed by atoms with Crippen LogP contribution >= 0.6 is 0 Å². The molecule has 0 bridgehead atoms. The molecule has 0 aromatic rings. The van der Waals surface area contributed by atoms with Crippen LogP contribution in [0.2, 0.25) is 0 Å². The third kappa shape index (κ3) is 4.93. The molecule has 0 spiro atoms. The van der Waals surface area contributed by atoms with Gasteiger partial charge in [-0.3, -0.25) is 0 Å². The van der Waals surface area contributed by atoms with E-state index in [-0.39, 0.29) is 6.04 Å². The highest BCUT2D eigenvalue weighted by atomic mass is 16.5. The zero-order valence-corrected chi connectivity index (χ0v) is 10.3. The summed E-state index contributed by atoms with van der Waals surface area (Å²) >= 11 is 0. The molecule has 0 aliphatic carbocycles. The maximum atomic E-state index is 5.94. The van der Waals surface area contributed by atoms with Gasteiger partial charge in [-0.25, -0.2) is 0 Å². The van der Waals surface area contributed by atoms with Crippen molar-refractivity contribution in [3.05, 3.63) is 0 Å². The van der Waals surface area contributed by atoms with Crippen LogP contribution in [0.25, 0.3) is 0 Å². The summed E-state index contributed by atoms with van der Waals surface area (Å²) in [6, 6.07) is 0.237. The van der Waals surface area contributed by atoms with E-state index in [0.717, 1.165) is 32.8 Å². The van der Waals surface area contributed by atoms with E-state index >= 15 is 0 Å². The summed E-state index contributed by atoms with van der Waals surface area (Å²) in [5.74, 6) is 0.523. The lowest BCUT2D eigenvalue weighted by Gasteiger charge is -2.22. The second-order valence-corrected chi connectivity index (χ2v) is 4.88. The minimum Gasteiger partial charge on any atom is -0.379 e. The number of hydrogen-bond donors (Lipinski definition) is 1. The van der Waals surface area contributed by atoms with Gasteiger partial charge in [-0.15, -0.1) is 0 Å². The topological polar surface area (TPSA) is 41.7 Å². The summed E-state index contributed by atoms with van der Waals surface area (Å²) in [4.78, 5) is 4.58. The first-order valence-corrected chi connectivity index (χ1v) is 5.76. The van der Waals surface area contributed by atoms with Crippen LogP contribution in [0.5, 0.6) is 0 Å². The normalized spacial score (nSPS) is 26.8. The molecule has 1 saturated heterocycles. The van der Waals surface area contributed by atoms with Crippen molar-refractivity contribution in [3.63, 3.8) is 0 Å². The van der Waals surface area contributed by atoms with E-state index in [0.29, 0.717) is 5.92 Å². The van der Waals surface area contributed by atoms with Gasteiger partial charge in [0.25, 0.3) is 0 Å². The van der Waals surface area contributed by atoms with Crippen molar-refractivity contribution in [1.82, 2.24) is 9.80 Å².